The Balaban J connectivity index is 1.81. The first kappa shape index (κ1) is 12.5. The van der Waals surface area contributed by atoms with Crippen molar-refractivity contribution in [2.75, 3.05) is 6.54 Å². The summed E-state index contributed by atoms with van der Waals surface area (Å²) in [5, 5.41) is 11.5. The van der Waals surface area contributed by atoms with Crippen LogP contribution in [0.5, 0.6) is 0 Å². The molecule has 0 aromatic heterocycles. The molecule has 0 atom stereocenters. The van der Waals surface area contributed by atoms with Gasteiger partial charge in [0.25, 0.3) is 0 Å². The second-order valence-corrected chi connectivity index (χ2v) is 4.52. The van der Waals surface area contributed by atoms with Crippen LogP contribution in [0.4, 0.5) is 4.39 Å². The quantitative estimate of drug-likeness (QED) is 0.776. The van der Waals surface area contributed by atoms with E-state index in [4.69, 9.17) is 5.11 Å². The molecule has 0 aliphatic heterocycles. The lowest BCUT2D eigenvalue weighted by molar-refractivity contribution is -0.149. The van der Waals surface area contributed by atoms with Crippen molar-refractivity contribution in [3.8, 4) is 0 Å². The molecule has 1 aromatic carbocycles. The summed E-state index contributed by atoms with van der Waals surface area (Å²) in [5.74, 6) is -1.77. The number of rotatable bonds is 5. The van der Waals surface area contributed by atoms with Crippen molar-refractivity contribution in [1.82, 2.24) is 5.32 Å². The zero-order valence-corrected chi connectivity index (χ0v) is 9.78. The highest BCUT2D eigenvalue weighted by molar-refractivity contribution is 6.04. The highest BCUT2D eigenvalue weighted by atomic mass is 19.1. The minimum atomic E-state index is -1.19. The summed E-state index contributed by atoms with van der Waals surface area (Å²) in [6.07, 6.45) is 1.37. The number of nitrogens with one attached hydrogen (secondary N) is 1. The van der Waals surface area contributed by atoms with Gasteiger partial charge in [-0.2, -0.15) is 0 Å². The fourth-order valence-corrected chi connectivity index (χ4v) is 1.80. The predicted molar refractivity (Wildman–Crippen MR) is 62.4 cm³/mol. The topological polar surface area (TPSA) is 66.4 Å². The van der Waals surface area contributed by atoms with Crippen LogP contribution >= 0.6 is 0 Å². The van der Waals surface area contributed by atoms with E-state index in [-0.39, 0.29) is 5.82 Å². The van der Waals surface area contributed by atoms with E-state index >= 15 is 0 Å². The molecule has 0 spiro atoms. The summed E-state index contributed by atoms with van der Waals surface area (Å²) in [7, 11) is 0. The summed E-state index contributed by atoms with van der Waals surface area (Å²) in [4.78, 5) is 22.6. The minimum Gasteiger partial charge on any atom is -0.480 e. The molecular formula is C13H14FNO3. The molecule has 5 heteroatoms. The highest BCUT2D eigenvalue weighted by Gasteiger charge is 2.56. The van der Waals surface area contributed by atoms with Crippen LogP contribution in [0, 0.1) is 11.2 Å². The number of benzene rings is 1. The van der Waals surface area contributed by atoms with Crippen molar-refractivity contribution in [3.05, 3.63) is 35.6 Å². The average Bonchev–Trinajstić information content (AvgIpc) is 3.13. The molecule has 0 radical (unpaired) electrons. The third-order valence-corrected chi connectivity index (χ3v) is 3.21. The number of aliphatic carboxylic acids is 1. The van der Waals surface area contributed by atoms with E-state index in [0.717, 1.165) is 5.56 Å². The largest absolute Gasteiger partial charge is 0.480 e. The van der Waals surface area contributed by atoms with Crippen LogP contribution in [0.2, 0.25) is 0 Å². The predicted octanol–water partition coefficient (Wildman–Crippen LogP) is 1.35. The summed E-state index contributed by atoms with van der Waals surface area (Å²) >= 11 is 0. The Morgan fingerprint density at radius 2 is 1.89 bits per heavy atom. The number of carbonyl (C=O) groups is 2. The summed E-state index contributed by atoms with van der Waals surface area (Å²) in [6, 6.07) is 6.00. The first-order valence-electron chi connectivity index (χ1n) is 5.81. The van der Waals surface area contributed by atoms with Gasteiger partial charge in [0.15, 0.2) is 0 Å². The van der Waals surface area contributed by atoms with Gasteiger partial charge in [0.1, 0.15) is 11.2 Å². The van der Waals surface area contributed by atoms with E-state index in [1.165, 1.54) is 12.1 Å². The molecule has 1 aromatic rings. The third kappa shape index (κ3) is 2.50. The van der Waals surface area contributed by atoms with E-state index in [9.17, 15) is 14.0 Å². The number of carboxylic acid groups (broad SMARTS) is 1. The van der Waals surface area contributed by atoms with Crippen LogP contribution in [0.1, 0.15) is 18.4 Å². The van der Waals surface area contributed by atoms with Gasteiger partial charge in [0.05, 0.1) is 0 Å². The SMILES string of the molecule is O=C(O)C1(C(=O)NCCc2ccc(F)cc2)CC1. The number of carbonyl (C=O) groups excluding carboxylic acids is 1. The summed E-state index contributed by atoms with van der Waals surface area (Å²) in [5.41, 5.74) is -0.292. The van der Waals surface area contributed by atoms with E-state index in [1.807, 2.05) is 0 Å². The maximum atomic E-state index is 12.7. The van der Waals surface area contributed by atoms with Crippen molar-refractivity contribution in [2.45, 2.75) is 19.3 Å². The summed E-state index contributed by atoms with van der Waals surface area (Å²) in [6.45, 7) is 0.361. The van der Waals surface area contributed by atoms with Crippen LogP contribution in [0.25, 0.3) is 0 Å². The molecule has 4 nitrogen and oxygen atoms in total. The lowest BCUT2D eigenvalue weighted by Crippen LogP contribution is -2.37. The molecule has 0 unspecified atom stereocenters. The van der Waals surface area contributed by atoms with Crippen molar-refractivity contribution in [3.63, 3.8) is 0 Å². The molecule has 1 aliphatic carbocycles. The fraction of sp³-hybridized carbons (Fsp3) is 0.385. The molecule has 0 saturated heterocycles. The number of halogens is 1. The Morgan fingerprint density at radius 3 is 2.39 bits per heavy atom. The lowest BCUT2D eigenvalue weighted by atomic mass is 10.1. The number of hydrogen-bond acceptors (Lipinski definition) is 2. The van der Waals surface area contributed by atoms with Crippen LogP contribution in [0.3, 0.4) is 0 Å². The molecule has 0 bridgehead atoms. The number of hydrogen-bond donors (Lipinski definition) is 2. The second kappa shape index (κ2) is 4.76. The van der Waals surface area contributed by atoms with Gasteiger partial charge < -0.3 is 10.4 Å². The van der Waals surface area contributed by atoms with Crippen molar-refractivity contribution in [1.29, 1.82) is 0 Å². The van der Waals surface area contributed by atoms with Gasteiger partial charge in [-0.3, -0.25) is 9.59 Å². The first-order chi connectivity index (χ1) is 8.54. The van der Waals surface area contributed by atoms with Crippen LogP contribution in [-0.4, -0.2) is 23.5 Å². The Bertz CT molecular complexity index is 466. The van der Waals surface area contributed by atoms with Gasteiger partial charge in [-0.1, -0.05) is 12.1 Å². The number of carboxylic acids is 1. The smallest absolute Gasteiger partial charge is 0.319 e. The lowest BCUT2D eigenvalue weighted by Gasteiger charge is -2.10. The standard InChI is InChI=1S/C13H14FNO3/c14-10-3-1-9(2-4-10)5-8-15-11(16)13(6-7-13)12(17)18/h1-4H,5-8H2,(H,15,16)(H,17,18). The molecular weight excluding hydrogens is 237 g/mol. The molecule has 18 heavy (non-hydrogen) atoms. The normalized spacial score (nSPS) is 16.1. The number of amides is 1. The molecule has 2 rings (SSSR count). The zero-order valence-electron chi connectivity index (χ0n) is 9.78. The summed E-state index contributed by atoms with van der Waals surface area (Å²) < 4.78 is 12.7. The van der Waals surface area contributed by atoms with Crippen molar-refractivity contribution < 1.29 is 19.1 Å². The second-order valence-electron chi connectivity index (χ2n) is 4.52. The highest BCUT2D eigenvalue weighted by Crippen LogP contribution is 2.45. The Morgan fingerprint density at radius 1 is 1.28 bits per heavy atom. The molecule has 1 fully saturated rings. The Hall–Kier alpha value is -1.91. The molecule has 1 amide bonds. The average molecular weight is 251 g/mol. The van der Waals surface area contributed by atoms with Crippen molar-refractivity contribution in [2.24, 2.45) is 5.41 Å². The van der Waals surface area contributed by atoms with Gasteiger partial charge in [-0.15, -0.1) is 0 Å². The monoisotopic (exact) mass is 251 g/mol. The third-order valence-electron chi connectivity index (χ3n) is 3.21. The maximum Gasteiger partial charge on any atom is 0.319 e. The van der Waals surface area contributed by atoms with Gasteiger partial charge >= 0.3 is 5.97 Å². The van der Waals surface area contributed by atoms with E-state index < -0.39 is 17.3 Å². The van der Waals surface area contributed by atoms with Crippen LogP contribution < -0.4 is 5.32 Å². The molecule has 0 heterocycles. The van der Waals surface area contributed by atoms with E-state index in [1.54, 1.807) is 12.1 Å². The van der Waals surface area contributed by atoms with Crippen LogP contribution in [0.15, 0.2) is 24.3 Å². The van der Waals surface area contributed by atoms with Crippen molar-refractivity contribution >= 4 is 11.9 Å². The van der Waals surface area contributed by atoms with Gasteiger partial charge in [-0.25, -0.2) is 4.39 Å². The minimum absolute atomic E-state index is 0.300. The van der Waals surface area contributed by atoms with Gasteiger partial charge in [-0.05, 0) is 37.0 Å². The molecule has 1 aliphatic rings. The molecule has 1 saturated carbocycles. The maximum absolute atomic E-state index is 12.7. The van der Waals surface area contributed by atoms with Gasteiger partial charge in [0, 0.05) is 6.54 Å². The van der Waals surface area contributed by atoms with Crippen LogP contribution in [-0.2, 0) is 16.0 Å². The molecule has 2 N–H and O–H groups in total. The Kier molecular flexibility index (Phi) is 3.32. The molecule has 96 valence electrons. The zero-order chi connectivity index (χ0) is 13.2. The first-order valence-corrected chi connectivity index (χ1v) is 5.81. The Labute approximate surface area is 104 Å². The fourth-order valence-electron chi connectivity index (χ4n) is 1.80. The van der Waals surface area contributed by atoms with E-state index in [2.05, 4.69) is 5.32 Å². The van der Waals surface area contributed by atoms with E-state index in [0.29, 0.717) is 25.8 Å². The van der Waals surface area contributed by atoms with Gasteiger partial charge in [0.2, 0.25) is 5.91 Å².